The van der Waals surface area contributed by atoms with Gasteiger partial charge in [0, 0.05) is 18.9 Å². The van der Waals surface area contributed by atoms with E-state index in [-0.39, 0.29) is 6.10 Å². The van der Waals surface area contributed by atoms with Crippen LogP contribution in [0, 0.1) is 12.3 Å². The number of terminal acetylenes is 1. The maximum Gasteiger partial charge on any atom is 0.261 e. The van der Waals surface area contributed by atoms with Gasteiger partial charge < -0.3 is 10.1 Å². The molecule has 0 amide bonds. The molecule has 2 aromatic rings. The molecule has 2 heterocycles. The van der Waals surface area contributed by atoms with Gasteiger partial charge in [-0.1, -0.05) is 5.92 Å². The minimum atomic E-state index is -0.333. The minimum Gasteiger partial charge on any atom is -0.459 e. The van der Waals surface area contributed by atoms with Crippen molar-refractivity contribution < 1.29 is 4.74 Å². The lowest BCUT2D eigenvalue weighted by Crippen LogP contribution is -2.12. The Labute approximate surface area is 99.8 Å². The van der Waals surface area contributed by atoms with Crippen LogP contribution in [-0.2, 0) is 0 Å². The van der Waals surface area contributed by atoms with Crippen molar-refractivity contribution in [2.75, 3.05) is 11.9 Å². The van der Waals surface area contributed by atoms with Crippen LogP contribution in [0.25, 0.3) is 5.65 Å². The van der Waals surface area contributed by atoms with Gasteiger partial charge in [0.2, 0.25) is 5.65 Å². The van der Waals surface area contributed by atoms with Crippen LogP contribution in [0.3, 0.4) is 0 Å². The molecule has 0 saturated heterocycles. The molecular weight excluding hydrogens is 216 g/mol. The highest BCUT2D eigenvalue weighted by Gasteiger charge is 2.10. The molecule has 17 heavy (non-hydrogen) atoms. The van der Waals surface area contributed by atoms with Crippen molar-refractivity contribution in [3.05, 3.63) is 18.6 Å². The van der Waals surface area contributed by atoms with Gasteiger partial charge in [0.15, 0.2) is 6.10 Å². The number of rotatable bonds is 4. The lowest BCUT2D eigenvalue weighted by molar-refractivity contribution is 0.270. The Hall–Kier alpha value is -2.22. The summed E-state index contributed by atoms with van der Waals surface area (Å²) in [4.78, 5) is 8.52. The van der Waals surface area contributed by atoms with Crippen LogP contribution in [0.4, 0.5) is 5.82 Å². The highest BCUT2D eigenvalue weighted by atomic mass is 16.5. The van der Waals surface area contributed by atoms with E-state index in [0.717, 1.165) is 12.4 Å². The second-order valence-corrected chi connectivity index (χ2v) is 3.55. The maximum atomic E-state index is 5.55. The fourth-order valence-electron chi connectivity index (χ4n) is 1.45. The Morgan fingerprint density at radius 1 is 1.65 bits per heavy atom. The molecule has 2 aromatic heterocycles. The molecule has 0 bridgehead atoms. The van der Waals surface area contributed by atoms with E-state index >= 15 is 0 Å². The van der Waals surface area contributed by atoms with Gasteiger partial charge in [-0.3, -0.25) is 4.40 Å². The van der Waals surface area contributed by atoms with Gasteiger partial charge in [-0.25, -0.2) is 4.98 Å². The van der Waals surface area contributed by atoms with Crippen LogP contribution in [0.5, 0.6) is 5.88 Å². The highest BCUT2D eigenvalue weighted by Crippen LogP contribution is 2.19. The molecule has 0 aromatic carbocycles. The number of imidazole rings is 1. The first-order valence-electron chi connectivity index (χ1n) is 5.45. The number of anilines is 1. The van der Waals surface area contributed by atoms with Crippen molar-refractivity contribution in [1.29, 1.82) is 0 Å². The third-order valence-electron chi connectivity index (χ3n) is 2.22. The van der Waals surface area contributed by atoms with Crippen LogP contribution in [0.1, 0.15) is 13.8 Å². The molecule has 0 saturated carbocycles. The normalized spacial score (nSPS) is 12.1. The third kappa shape index (κ3) is 2.31. The Bertz CT molecular complexity index is 555. The number of fused-ring (bicyclic) bond motifs is 1. The first-order chi connectivity index (χ1) is 8.24. The summed E-state index contributed by atoms with van der Waals surface area (Å²) in [5.41, 5.74) is 0.661. The summed E-state index contributed by atoms with van der Waals surface area (Å²) in [6, 6.07) is 0. The summed E-state index contributed by atoms with van der Waals surface area (Å²) in [7, 11) is 0. The fraction of sp³-hybridized carbons (Fsp3) is 0.333. The van der Waals surface area contributed by atoms with Gasteiger partial charge in [-0.2, -0.15) is 4.98 Å². The zero-order valence-electron chi connectivity index (χ0n) is 9.84. The second-order valence-electron chi connectivity index (χ2n) is 3.55. The van der Waals surface area contributed by atoms with E-state index < -0.39 is 0 Å². The van der Waals surface area contributed by atoms with E-state index in [1.807, 2.05) is 23.7 Å². The van der Waals surface area contributed by atoms with Crippen LogP contribution in [-0.4, -0.2) is 27.0 Å². The number of nitrogens with zero attached hydrogens (tertiary/aromatic N) is 3. The summed E-state index contributed by atoms with van der Waals surface area (Å²) in [6.45, 7) is 4.59. The summed E-state index contributed by atoms with van der Waals surface area (Å²) < 4.78 is 7.40. The van der Waals surface area contributed by atoms with Gasteiger partial charge in [-0.15, -0.1) is 6.42 Å². The molecule has 0 radical (unpaired) electrons. The molecular formula is C12H14N4O. The topological polar surface area (TPSA) is 51.5 Å². The Kier molecular flexibility index (Phi) is 3.15. The van der Waals surface area contributed by atoms with Crippen molar-refractivity contribution in [1.82, 2.24) is 14.4 Å². The quantitative estimate of drug-likeness (QED) is 0.810. The smallest absolute Gasteiger partial charge is 0.261 e. The zero-order chi connectivity index (χ0) is 12.3. The number of ether oxygens (including phenoxy) is 1. The summed E-state index contributed by atoms with van der Waals surface area (Å²) in [5, 5.41) is 3.13. The maximum absolute atomic E-state index is 5.55. The highest BCUT2D eigenvalue weighted by molar-refractivity contribution is 5.53. The average molecular weight is 230 g/mol. The molecule has 0 aliphatic rings. The minimum absolute atomic E-state index is 0.333. The molecule has 5 heteroatoms. The van der Waals surface area contributed by atoms with Crippen molar-refractivity contribution in [2.24, 2.45) is 0 Å². The number of aromatic nitrogens is 3. The third-order valence-corrected chi connectivity index (χ3v) is 2.22. The van der Waals surface area contributed by atoms with Crippen LogP contribution >= 0.6 is 0 Å². The molecule has 0 spiro atoms. The van der Waals surface area contributed by atoms with Crippen molar-refractivity contribution >= 4 is 11.5 Å². The molecule has 1 atom stereocenters. The van der Waals surface area contributed by atoms with E-state index in [9.17, 15) is 0 Å². The fourth-order valence-corrected chi connectivity index (χ4v) is 1.45. The van der Waals surface area contributed by atoms with Crippen molar-refractivity contribution in [3.63, 3.8) is 0 Å². The largest absolute Gasteiger partial charge is 0.459 e. The summed E-state index contributed by atoms with van der Waals surface area (Å²) in [5.74, 6) is 3.68. The van der Waals surface area contributed by atoms with Crippen molar-refractivity contribution in [3.8, 4) is 18.2 Å². The summed E-state index contributed by atoms with van der Waals surface area (Å²) >= 11 is 0. The van der Waals surface area contributed by atoms with E-state index in [2.05, 4.69) is 21.2 Å². The number of hydrogen-bond acceptors (Lipinski definition) is 4. The standard InChI is InChI=1S/C12H14N4O/c1-4-9(3)17-12-11-14-6-7-16(11)8-10(15-12)13-5-2/h1,6-9,13H,5H2,2-3H3. The van der Waals surface area contributed by atoms with E-state index in [0.29, 0.717) is 11.5 Å². The van der Waals surface area contributed by atoms with Crippen LogP contribution < -0.4 is 10.1 Å². The monoisotopic (exact) mass is 230 g/mol. The Morgan fingerprint density at radius 3 is 3.18 bits per heavy atom. The Balaban J connectivity index is 2.43. The molecule has 88 valence electrons. The van der Waals surface area contributed by atoms with Gasteiger partial charge >= 0.3 is 0 Å². The predicted molar refractivity (Wildman–Crippen MR) is 66.1 cm³/mol. The van der Waals surface area contributed by atoms with Gasteiger partial charge in [0.1, 0.15) is 5.82 Å². The lowest BCUT2D eigenvalue weighted by atomic mass is 10.4. The zero-order valence-corrected chi connectivity index (χ0v) is 9.84. The van der Waals surface area contributed by atoms with Gasteiger partial charge in [0.05, 0.1) is 6.20 Å². The van der Waals surface area contributed by atoms with Crippen LogP contribution in [0.15, 0.2) is 18.6 Å². The second kappa shape index (κ2) is 4.74. The van der Waals surface area contributed by atoms with Crippen molar-refractivity contribution in [2.45, 2.75) is 20.0 Å². The van der Waals surface area contributed by atoms with E-state index in [1.54, 1.807) is 13.1 Å². The van der Waals surface area contributed by atoms with Gasteiger partial charge in [0.25, 0.3) is 5.88 Å². The molecule has 0 fully saturated rings. The van der Waals surface area contributed by atoms with Gasteiger partial charge in [-0.05, 0) is 13.8 Å². The molecule has 1 unspecified atom stereocenters. The Morgan fingerprint density at radius 2 is 2.47 bits per heavy atom. The molecule has 5 nitrogen and oxygen atoms in total. The molecule has 0 aliphatic carbocycles. The first-order valence-corrected chi connectivity index (χ1v) is 5.45. The molecule has 2 rings (SSSR count). The van der Waals surface area contributed by atoms with E-state index in [1.165, 1.54) is 0 Å². The lowest BCUT2D eigenvalue weighted by Gasteiger charge is -2.11. The number of nitrogens with one attached hydrogen (secondary N) is 1. The predicted octanol–water partition coefficient (Wildman–Crippen LogP) is 1.56. The van der Waals surface area contributed by atoms with Crippen LogP contribution in [0.2, 0.25) is 0 Å². The molecule has 1 N–H and O–H groups in total. The molecule has 0 aliphatic heterocycles. The SMILES string of the molecule is C#CC(C)Oc1nc(NCC)cn2ccnc12. The average Bonchev–Trinajstić information content (AvgIpc) is 2.77. The summed E-state index contributed by atoms with van der Waals surface area (Å²) in [6.07, 6.45) is 10.4. The number of hydrogen-bond donors (Lipinski definition) is 1. The first kappa shape index (κ1) is 11.3. The van der Waals surface area contributed by atoms with E-state index in [4.69, 9.17) is 11.2 Å².